The van der Waals surface area contributed by atoms with Crippen molar-refractivity contribution >= 4 is 11.8 Å². The summed E-state index contributed by atoms with van der Waals surface area (Å²) in [5.41, 5.74) is 1.65. The molecule has 0 saturated carbocycles. The maximum absolute atomic E-state index is 14.0. The van der Waals surface area contributed by atoms with E-state index in [0.717, 1.165) is 16.7 Å². The molecule has 3 N–H and O–H groups in total. The van der Waals surface area contributed by atoms with Gasteiger partial charge in [0, 0.05) is 11.1 Å². The number of hydrogen-bond donors (Lipinski definition) is 3. The minimum atomic E-state index is -0.710. The van der Waals surface area contributed by atoms with Gasteiger partial charge in [-0.2, -0.15) is 0 Å². The molecule has 0 spiro atoms. The number of phenolic OH excluding ortho intramolecular Hbond substituents is 3. The summed E-state index contributed by atoms with van der Waals surface area (Å²) in [5, 5.41) is 33.4. The zero-order valence-corrected chi connectivity index (χ0v) is 29.4. The van der Waals surface area contributed by atoms with Crippen LogP contribution in [0.25, 0.3) is 0 Å². The standard InChI is InChI=1S/C39H52O6/c1-22(18-23-19-26(36(2,3)4)32(42)27(20-23)37(5,6)7)35(44)45-34-25(31(41)24-16-14-15-17-29(24)40)21-28(38(8,9)10)33(43)30(34)39(11,12)13/h14-17,19-22,40,42-43H,18H2,1-13H3. The predicted molar refractivity (Wildman–Crippen MR) is 181 cm³/mol. The number of esters is 1. The number of rotatable bonds is 6. The number of phenols is 3. The van der Waals surface area contributed by atoms with Crippen molar-refractivity contribution in [2.24, 2.45) is 5.92 Å². The average Bonchev–Trinajstić information content (AvgIpc) is 2.86. The summed E-state index contributed by atoms with van der Waals surface area (Å²) in [6, 6.07) is 11.7. The summed E-state index contributed by atoms with van der Waals surface area (Å²) in [7, 11) is 0. The summed E-state index contributed by atoms with van der Waals surface area (Å²) in [4.78, 5) is 27.9. The first-order valence-corrected chi connectivity index (χ1v) is 15.7. The number of hydrogen-bond acceptors (Lipinski definition) is 6. The van der Waals surface area contributed by atoms with E-state index in [4.69, 9.17) is 4.74 Å². The van der Waals surface area contributed by atoms with Crippen LogP contribution in [0, 0.1) is 5.92 Å². The summed E-state index contributed by atoms with van der Waals surface area (Å²) in [6.07, 6.45) is 0.338. The third kappa shape index (κ3) is 7.71. The van der Waals surface area contributed by atoms with Gasteiger partial charge in [-0.05, 0) is 63.0 Å². The summed E-state index contributed by atoms with van der Waals surface area (Å²) >= 11 is 0. The summed E-state index contributed by atoms with van der Waals surface area (Å²) in [5.74, 6) is -1.64. The average molecular weight is 617 g/mol. The smallest absolute Gasteiger partial charge is 0.314 e. The monoisotopic (exact) mass is 616 g/mol. The molecule has 0 radical (unpaired) electrons. The van der Waals surface area contributed by atoms with Crippen LogP contribution in [0.3, 0.4) is 0 Å². The lowest BCUT2D eigenvalue weighted by molar-refractivity contribution is -0.138. The van der Waals surface area contributed by atoms with E-state index in [1.165, 1.54) is 12.1 Å². The van der Waals surface area contributed by atoms with Gasteiger partial charge >= 0.3 is 5.97 Å². The molecule has 3 aromatic rings. The lowest BCUT2D eigenvalue weighted by atomic mass is 9.77. The first-order chi connectivity index (χ1) is 20.4. The van der Waals surface area contributed by atoms with Gasteiger partial charge in [-0.3, -0.25) is 9.59 Å². The van der Waals surface area contributed by atoms with Crippen molar-refractivity contribution < 1.29 is 29.6 Å². The molecular weight excluding hydrogens is 564 g/mol. The fourth-order valence-corrected chi connectivity index (χ4v) is 5.60. The third-order valence-corrected chi connectivity index (χ3v) is 8.14. The van der Waals surface area contributed by atoms with Gasteiger partial charge in [-0.1, -0.05) is 114 Å². The molecule has 0 amide bonds. The maximum Gasteiger partial charge on any atom is 0.314 e. The molecule has 1 unspecified atom stereocenters. The van der Waals surface area contributed by atoms with Gasteiger partial charge in [0.2, 0.25) is 5.78 Å². The molecule has 6 nitrogen and oxygen atoms in total. The van der Waals surface area contributed by atoms with Crippen LogP contribution in [0.1, 0.15) is 134 Å². The minimum absolute atomic E-state index is 0.00503. The fraction of sp³-hybridized carbons (Fsp3) is 0.487. The van der Waals surface area contributed by atoms with Gasteiger partial charge < -0.3 is 20.1 Å². The highest BCUT2D eigenvalue weighted by atomic mass is 16.5. The predicted octanol–water partition coefficient (Wildman–Crippen LogP) is 9.01. The second-order valence-electron chi connectivity index (χ2n) is 16.4. The van der Waals surface area contributed by atoms with Crippen molar-refractivity contribution in [2.75, 3.05) is 0 Å². The van der Waals surface area contributed by atoms with Crippen LogP contribution in [0.15, 0.2) is 42.5 Å². The molecule has 244 valence electrons. The lowest BCUT2D eigenvalue weighted by Crippen LogP contribution is -2.26. The van der Waals surface area contributed by atoms with Gasteiger partial charge in [0.25, 0.3) is 0 Å². The molecule has 6 heteroatoms. The van der Waals surface area contributed by atoms with Crippen molar-refractivity contribution in [1.82, 2.24) is 0 Å². The van der Waals surface area contributed by atoms with Gasteiger partial charge in [0.15, 0.2) is 0 Å². The van der Waals surface area contributed by atoms with Gasteiger partial charge in [-0.25, -0.2) is 0 Å². The molecule has 0 aliphatic carbocycles. The molecule has 3 rings (SSSR count). The van der Waals surface area contributed by atoms with Crippen molar-refractivity contribution in [1.29, 1.82) is 0 Å². The normalized spacial score (nSPS) is 13.4. The molecule has 0 fully saturated rings. The molecular formula is C39H52O6. The van der Waals surface area contributed by atoms with Crippen molar-refractivity contribution in [2.45, 2.75) is 118 Å². The molecule has 0 saturated heterocycles. The van der Waals surface area contributed by atoms with Gasteiger partial charge in [0.1, 0.15) is 23.0 Å². The van der Waals surface area contributed by atoms with E-state index < -0.39 is 28.5 Å². The van der Waals surface area contributed by atoms with E-state index in [-0.39, 0.29) is 45.0 Å². The number of carbonyl (C=O) groups excluding carboxylic acids is 2. The van der Waals surface area contributed by atoms with Gasteiger partial charge in [-0.15, -0.1) is 0 Å². The van der Waals surface area contributed by atoms with Crippen molar-refractivity contribution in [3.8, 4) is 23.0 Å². The minimum Gasteiger partial charge on any atom is -0.507 e. The Morgan fingerprint density at radius 1 is 0.667 bits per heavy atom. The molecule has 0 bridgehead atoms. The third-order valence-electron chi connectivity index (χ3n) is 8.14. The van der Waals surface area contributed by atoms with E-state index >= 15 is 0 Å². The van der Waals surface area contributed by atoms with Crippen molar-refractivity contribution in [3.05, 3.63) is 81.4 Å². The second kappa shape index (κ2) is 12.2. The number of benzene rings is 3. The quantitative estimate of drug-likeness (QED) is 0.145. The summed E-state index contributed by atoms with van der Waals surface area (Å²) in [6.45, 7) is 25.5. The zero-order chi connectivity index (χ0) is 34.4. The molecule has 1 atom stereocenters. The number of para-hydroxylation sites is 1. The van der Waals surface area contributed by atoms with E-state index in [1.54, 1.807) is 25.1 Å². The fourth-order valence-electron chi connectivity index (χ4n) is 5.60. The zero-order valence-electron chi connectivity index (χ0n) is 29.4. The summed E-state index contributed by atoms with van der Waals surface area (Å²) < 4.78 is 6.14. The molecule has 0 heterocycles. The largest absolute Gasteiger partial charge is 0.507 e. The number of aromatic hydroxyl groups is 3. The lowest BCUT2D eigenvalue weighted by Gasteiger charge is -2.31. The Balaban J connectivity index is 2.19. The Kier molecular flexibility index (Phi) is 9.66. The Hall–Kier alpha value is -3.80. The second-order valence-corrected chi connectivity index (χ2v) is 16.4. The van der Waals surface area contributed by atoms with Crippen LogP contribution < -0.4 is 4.74 Å². The van der Waals surface area contributed by atoms with E-state index in [2.05, 4.69) is 0 Å². The highest BCUT2D eigenvalue weighted by Crippen LogP contribution is 2.47. The Bertz CT molecular complexity index is 1570. The highest BCUT2D eigenvalue weighted by molar-refractivity contribution is 6.13. The SMILES string of the molecule is CC(Cc1cc(C(C)(C)C)c(O)c(C(C)(C)C)c1)C(=O)Oc1c(C(=O)c2ccccc2O)cc(C(C)(C)C)c(O)c1C(C)(C)C. The molecule has 0 aliphatic rings. The first kappa shape index (κ1) is 35.7. The number of ketones is 1. The van der Waals surface area contributed by atoms with Crippen LogP contribution >= 0.6 is 0 Å². The van der Waals surface area contributed by atoms with Crippen LogP contribution in [0.4, 0.5) is 0 Å². The first-order valence-electron chi connectivity index (χ1n) is 15.7. The molecule has 0 aromatic heterocycles. The van der Waals surface area contributed by atoms with Gasteiger partial charge in [0.05, 0.1) is 17.0 Å². The Morgan fingerprint density at radius 3 is 1.58 bits per heavy atom. The molecule has 0 aliphatic heterocycles. The number of carbonyl (C=O) groups is 2. The Labute approximate surface area is 269 Å². The van der Waals surface area contributed by atoms with E-state index in [0.29, 0.717) is 17.5 Å². The number of ether oxygens (including phenoxy) is 1. The highest BCUT2D eigenvalue weighted by Gasteiger charge is 2.36. The molecule has 45 heavy (non-hydrogen) atoms. The van der Waals surface area contributed by atoms with Crippen LogP contribution in [-0.2, 0) is 32.9 Å². The maximum atomic E-state index is 14.0. The van der Waals surface area contributed by atoms with Crippen LogP contribution in [0.2, 0.25) is 0 Å². The van der Waals surface area contributed by atoms with Crippen molar-refractivity contribution in [3.63, 3.8) is 0 Å². The topological polar surface area (TPSA) is 104 Å². The van der Waals surface area contributed by atoms with E-state index in [1.807, 2.05) is 95.2 Å². The van der Waals surface area contributed by atoms with E-state index in [9.17, 15) is 24.9 Å². The molecule has 3 aromatic carbocycles. The Morgan fingerprint density at radius 2 is 1.13 bits per heavy atom. The van der Waals surface area contributed by atoms with Crippen LogP contribution in [0.5, 0.6) is 23.0 Å². The van der Waals surface area contributed by atoms with Crippen LogP contribution in [-0.4, -0.2) is 27.1 Å².